The number of hydrogen-bond donors (Lipinski definition) is 2. The Morgan fingerprint density at radius 1 is 1.24 bits per heavy atom. The lowest BCUT2D eigenvalue weighted by Gasteiger charge is -2.05. The summed E-state index contributed by atoms with van der Waals surface area (Å²) in [5.41, 5.74) is -0.879. The molecule has 7 nitrogen and oxygen atoms in total. The van der Waals surface area contributed by atoms with Crippen molar-refractivity contribution in [1.29, 1.82) is 0 Å². The van der Waals surface area contributed by atoms with Gasteiger partial charge in [-0.3, -0.25) is 19.0 Å². The van der Waals surface area contributed by atoms with Gasteiger partial charge in [-0.1, -0.05) is 12.1 Å². The Hall–Kier alpha value is -3.22. The van der Waals surface area contributed by atoms with Crippen LogP contribution in [0.25, 0.3) is 5.65 Å². The van der Waals surface area contributed by atoms with Crippen LogP contribution in [0.1, 0.15) is 15.9 Å². The molecule has 0 atom stereocenters. The van der Waals surface area contributed by atoms with Gasteiger partial charge in [0.05, 0.1) is 11.1 Å². The van der Waals surface area contributed by atoms with Gasteiger partial charge in [0.2, 0.25) is 0 Å². The summed E-state index contributed by atoms with van der Waals surface area (Å²) < 4.78 is 1.06. The normalized spacial score (nSPS) is 10.7. The second-order valence-corrected chi connectivity index (χ2v) is 4.36. The van der Waals surface area contributed by atoms with Gasteiger partial charge in [-0.05, 0) is 12.1 Å². The number of aromatic nitrogens is 3. The number of phenols is 1. The summed E-state index contributed by atoms with van der Waals surface area (Å²) in [6, 6.07) is 7.23. The molecule has 3 rings (SSSR count). The molecule has 0 radical (unpaired) electrons. The van der Waals surface area contributed by atoms with Gasteiger partial charge in [0, 0.05) is 18.5 Å². The summed E-state index contributed by atoms with van der Waals surface area (Å²) in [5.74, 6) is -0.628. The minimum absolute atomic E-state index is 0.108. The van der Waals surface area contributed by atoms with Crippen molar-refractivity contribution in [1.82, 2.24) is 14.4 Å². The summed E-state index contributed by atoms with van der Waals surface area (Å²) in [7, 11) is 0. The van der Waals surface area contributed by atoms with Gasteiger partial charge in [-0.15, -0.1) is 0 Å². The molecule has 0 aliphatic heterocycles. The highest BCUT2D eigenvalue weighted by atomic mass is 16.3. The monoisotopic (exact) mass is 283 g/mol. The van der Waals surface area contributed by atoms with Crippen molar-refractivity contribution in [2.75, 3.05) is 0 Å². The quantitative estimate of drug-likeness (QED) is 0.659. The molecule has 0 aliphatic rings. The van der Waals surface area contributed by atoms with Crippen molar-refractivity contribution in [3.63, 3.8) is 0 Å². The molecule has 3 aromatic rings. The Morgan fingerprint density at radius 2 is 2.00 bits per heavy atom. The number of nitrogens with one attached hydrogen (secondary N) is 1. The van der Waals surface area contributed by atoms with E-state index < -0.39 is 17.0 Å². The number of aromatic amines is 1. The van der Waals surface area contributed by atoms with Crippen molar-refractivity contribution in [2.24, 2.45) is 0 Å². The third-order valence-corrected chi connectivity index (χ3v) is 2.97. The SMILES string of the molecule is O=C(c1cnc2cc(=O)[nH]c(=O)n2c1)c1ccccc1O. The van der Waals surface area contributed by atoms with Crippen molar-refractivity contribution in [2.45, 2.75) is 0 Å². The van der Waals surface area contributed by atoms with Crippen molar-refractivity contribution in [3.05, 3.63) is 74.7 Å². The van der Waals surface area contributed by atoms with Gasteiger partial charge in [-0.2, -0.15) is 0 Å². The van der Waals surface area contributed by atoms with Crippen LogP contribution < -0.4 is 11.2 Å². The first-order valence-electron chi connectivity index (χ1n) is 6.01. The number of nitrogens with zero attached hydrogens (tertiary/aromatic N) is 2. The van der Waals surface area contributed by atoms with E-state index in [0.29, 0.717) is 0 Å². The minimum Gasteiger partial charge on any atom is -0.507 e. The van der Waals surface area contributed by atoms with Crippen molar-refractivity contribution < 1.29 is 9.90 Å². The Morgan fingerprint density at radius 3 is 2.76 bits per heavy atom. The van der Waals surface area contributed by atoms with Crippen LogP contribution >= 0.6 is 0 Å². The molecule has 0 aliphatic carbocycles. The second-order valence-electron chi connectivity index (χ2n) is 4.36. The van der Waals surface area contributed by atoms with Gasteiger partial charge in [0.1, 0.15) is 11.4 Å². The van der Waals surface area contributed by atoms with E-state index in [1.807, 2.05) is 0 Å². The molecule has 21 heavy (non-hydrogen) atoms. The largest absolute Gasteiger partial charge is 0.507 e. The first-order valence-corrected chi connectivity index (χ1v) is 6.01. The minimum atomic E-state index is -0.683. The number of carbonyl (C=O) groups is 1. The summed E-state index contributed by atoms with van der Waals surface area (Å²) >= 11 is 0. The van der Waals surface area contributed by atoms with Crippen molar-refractivity contribution in [3.8, 4) is 5.75 Å². The zero-order chi connectivity index (χ0) is 15.0. The molecule has 7 heteroatoms. The number of H-pyrrole nitrogens is 1. The Bertz CT molecular complexity index is 972. The molecular weight excluding hydrogens is 274 g/mol. The average molecular weight is 283 g/mol. The Balaban J connectivity index is 2.18. The van der Waals surface area contributed by atoms with Crippen LogP contribution in [0.3, 0.4) is 0 Å². The van der Waals surface area contributed by atoms with Crippen molar-refractivity contribution >= 4 is 11.4 Å². The average Bonchev–Trinajstić information content (AvgIpc) is 2.46. The number of rotatable bonds is 2. The smallest absolute Gasteiger partial charge is 0.334 e. The number of ketones is 1. The third kappa shape index (κ3) is 2.20. The fourth-order valence-corrected chi connectivity index (χ4v) is 1.96. The molecule has 0 bridgehead atoms. The van der Waals surface area contributed by atoms with E-state index in [0.717, 1.165) is 10.5 Å². The van der Waals surface area contributed by atoms with Crippen LogP contribution in [0.5, 0.6) is 5.75 Å². The van der Waals surface area contributed by atoms with Crippen LogP contribution in [0, 0.1) is 0 Å². The zero-order valence-corrected chi connectivity index (χ0v) is 10.6. The van der Waals surface area contributed by atoms with E-state index in [9.17, 15) is 19.5 Å². The molecule has 0 amide bonds. The number of fused-ring (bicyclic) bond motifs is 1. The summed E-state index contributed by atoms with van der Waals surface area (Å²) in [6.45, 7) is 0. The van der Waals surface area contributed by atoms with E-state index in [-0.39, 0.29) is 22.5 Å². The lowest BCUT2D eigenvalue weighted by molar-refractivity contribution is 0.103. The predicted octanol–water partition coefficient (Wildman–Crippen LogP) is 0.319. The van der Waals surface area contributed by atoms with Crippen LogP contribution in [0.15, 0.2) is 52.3 Å². The lowest BCUT2D eigenvalue weighted by Crippen LogP contribution is -2.26. The van der Waals surface area contributed by atoms with E-state index in [2.05, 4.69) is 9.97 Å². The Kier molecular flexibility index (Phi) is 2.87. The van der Waals surface area contributed by atoms with Crippen LogP contribution in [0.2, 0.25) is 0 Å². The highest BCUT2D eigenvalue weighted by Crippen LogP contribution is 2.19. The number of aromatic hydroxyl groups is 1. The van der Waals surface area contributed by atoms with E-state index in [1.54, 1.807) is 12.1 Å². The van der Waals surface area contributed by atoms with E-state index >= 15 is 0 Å². The number of carbonyl (C=O) groups excluding carboxylic acids is 1. The lowest BCUT2D eigenvalue weighted by atomic mass is 10.1. The number of phenolic OH excluding ortho intramolecular Hbond substituents is 1. The summed E-state index contributed by atoms with van der Waals surface area (Å²) in [5, 5.41) is 9.69. The van der Waals surface area contributed by atoms with Crippen LogP contribution in [0.4, 0.5) is 0 Å². The molecule has 2 aromatic heterocycles. The van der Waals surface area contributed by atoms with Gasteiger partial charge < -0.3 is 5.11 Å². The third-order valence-electron chi connectivity index (χ3n) is 2.97. The van der Waals surface area contributed by atoms with Gasteiger partial charge in [0.25, 0.3) is 5.56 Å². The summed E-state index contributed by atoms with van der Waals surface area (Å²) in [4.78, 5) is 41.2. The molecule has 0 saturated heterocycles. The molecule has 2 heterocycles. The second kappa shape index (κ2) is 4.71. The first-order chi connectivity index (χ1) is 10.1. The molecule has 1 aromatic carbocycles. The molecule has 0 fully saturated rings. The van der Waals surface area contributed by atoms with Crippen LogP contribution in [-0.4, -0.2) is 25.3 Å². The molecule has 0 unspecified atom stereocenters. The summed E-state index contributed by atoms with van der Waals surface area (Å²) in [6.07, 6.45) is 2.53. The maximum Gasteiger partial charge on any atom is 0.334 e. The fourth-order valence-electron chi connectivity index (χ4n) is 1.96. The van der Waals surface area contributed by atoms with Gasteiger partial charge in [0.15, 0.2) is 5.78 Å². The zero-order valence-electron chi connectivity index (χ0n) is 10.6. The fraction of sp³-hybridized carbons (Fsp3) is 0. The standard InChI is InChI=1S/C14H9N3O4/c18-10-4-2-1-3-9(10)13(20)8-6-15-11-5-12(19)16-14(21)17(11)7-8/h1-7,18H,(H,16,19,21). The number of benzene rings is 1. The van der Waals surface area contributed by atoms with Gasteiger partial charge >= 0.3 is 5.69 Å². The topological polar surface area (TPSA) is 105 Å². The highest BCUT2D eigenvalue weighted by molar-refractivity contribution is 6.10. The van der Waals surface area contributed by atoms with Gasteiger partial charge in [-0.25, -0.2) is 9.78 Å². The van der Waals surface area contributed by atoms with E-state index in [1.165, 1.54) is 24.5 Å². The maximum atomic E-state index is 12.3. The Labute approximate surface area is 117 Å². The van der Waals surface area contributed by atoms with Crippen LogP contribution in [-0.2, 0) is 0 Å². The number of hydrogen-bond acceptors (Lipinski definition) is 5. The molecule has 2 N–H and O–H groups in total. The van der Waals surface area contributed by atoms with E-state index in [4.69, 9.17) is 0 Å². The first kappa shape index (κ1) is 12.8. The number of para-hydroxylation sites is 1. The highest BCUT2D eigenvalue weighted by Gasteiger charge is 2.14. The molecule has 0 saturated carbocycles. The molecule has 104 valence electrons. The predicted molar refractivity (Wildman–Crippen MR) is 73.6 cm³/mol. The molecular formula is C14H9N3O4. The molecule has 0 spiro atoms. The maximum absolute atomic E-state index is 12.3.